The highest BCUT2D eigenvalue weighted by Gasteiger charge is 2.17. The third-order valence-corrected chi connectivity index (χ3v) is 3.89. The zero-order valence-corrected chi connectivity index (χ0v) is 13.8. The molecular weight excluding hydrogens is 354 g/mol. The fourth-order valence-corrected chi connectivity index (χ4v) is 2.63. The van der Waals surface area contributed by atoms with E-state index in [2.05, 4.69) is 20.4 Å². The van der Waals surface area contributed by atoms with E-state index >= 15 is 0 Å². The minimum Gasteiger partial charge on any atom is -0.486 e. The Hall–Kier alpha value is -3.95. The van der Waals surface area contributed by atoms with Crippen molar-refractivity contribution in [3.8, 4) is 22.8 Å². The van der Waals surface area contributed by atoms with Crippen molar-refractivity contribution in [3.63, 3.8) is 0 Å². The summed E-state index contributed by atoms with van der Waals surface area (Å²) < 4.78 is 11.0. The van der Waals surface area contributed by atoms with Crippen LogP contribution in [-0.2, 0) is 0 Å². The van der Waals surface area contributed by atoms with Crippen molar-refractivity contribution in [1.29, 1.82) is 0 Å². The van der Waals surface area contributed by atoms with E-state index in [1.165, 1.54) is 18.2 Å². The SMILES string of the molecule is O=c1[nH][nH]c(-c2ccc3c(c2)OCCO3)c1N=Nc1cccc([N+](=O)[O-])c1. The average Bonchev–Trinajstić information content (AvgIpc) is 3.06. The number of benzene rings is 2. The highest BCUT2D eigenvalue weighted by molar-refractivity contribution is 5.73. The van der Waals surface area contributed by atoms with Gasteiger partial charge in [-0.15, -0.1) is 5.11 Å². The molecule has 27 heavy (non-hydrogen) atoms. The number of hydrogen-bond donors (Lipinski definition) is 2. The van der Waals surface area contributed by atoms with Gasteiger partial charge in [0.05, 0.1) is 16.3 Å². The van der Waals surface area contributed by atoms with Crippen molar-refractivity contribution in [2.45, 2.75) is 0 Å². The van der Waals surface area contributed by atoms with Gasteiger partial charge in [0.15, 0.2) is 17.2 Å². The molecule has 1 aliphatic rings. The summed E-state index contributed by atoms with van der Waals surface area (Å²) in [6.45, 7) is 0.926. The maximum atomic E-state index is 12.1. The summed E-state index contributed by atoms with van der Waals surface area (Å²) in [7, 11) is 0. The predicted octanol–water partition coefficient (Wildman–Crippen LogP) is 3.46. The normalized spacial score (nSPS) is 13.0. The molecule has 136 valence electrons. The molecule has 0 fully saturated rings. The molecule has 3 aromatic rings. The fourth-order valence-electron chi connectivity index (χ4n) is 2.63. The molecule has 0 spiro atoms. The predicted molar refractivity (Wildman–Crippen MR) is 95.1 cm³/mol. The van der Waals surface area contributed by atoms with Crippen molar-refractivity contribution >= 4 is 17.1 Å². The van der Waals surface area contributed by atoms with E-state index in [4.69, 9.17) is 9.47 Å². The zero-order chi connectivity index (χ0) is 18.8. The Morgan fingerprint density at radius 2 is 1.81 bits per heavy atom. The lowest BCUT2D eigenvalue weighted by atomic mass is 10.1. The van der Waals surface area contributed by atoms with E-state index in [-0.39, 0.29) is 17.1 Å². The van der Waals surface area contributed by atoms with Crippen LogP contribution < -0.4 is 15.0 Å². The van der Waals surface area contributed by atoms with Gasteiger partial charge in [-0.1, -0.05) is 6.07 Å². The number of nitrogens with one attached hydrogen (secondary N) is 2. The van der Waals surface area contributed by atoms with Crippen LogP contribution in [0.3, 0.4) is 0 Å². The van der Waals surface area contributed by atoms with Crippen LogP contribution in [0.1, 0.15) is 0 Å². The fraction of sp³-hybridized carbons (Fsp3) is 0.118. The molecule has 2 aromatic carbocycles. The van der Waals surface area contributed by atoms with E-state index in [0.717, 1.165) is 0 Å². The van der Waals surface area contributed by atoms with Crippen molar-refractivity contribution in [1.82, 2.24) is 10.2 Å². The molecule has 0 saturated carbocycles. The average molecular weight is 367 g/mol. The summed E-state index contributed by atoms with van der Waals surface area (Å²) in [4.78, 5) is 22.4. The Bertz CT molecular complexity index is 1100. The van der Waals surface area contributed by atoms with Crippen LogP contribution in [0.5, 0.6) is 11.5 Å². The van der Waals surface area contributed by atoms with Crippen molar-refractivity contribution in [2.75, 3.05) is 13.2 Å². The minimum atomic E-state index is -0.525. The van der Waals surface area contributed by atoms with Crippen molar-refractivity contribution in [3.05, 3.63) is 62.9 Å². The first-order valence-corrected chi connectivity index (χ1v) is 7.99. The van der Waals surface area contributed by atoms with Crippen LogP contribution in [0.2, 0.25) is 0 Å². The summed E-state index contributed by atoms with van der Waals surface area (Å²) in [5.74, 6) is 1.20. The Balaban J connectivity index is 1.69. The Morgan fingerprint density at radius 3 is 2.63 bits per heavy atom. The van der Waals surface area contributed by atoms with Crippen molar-refractivity contribution in [2.24, 2.45) is 10.2 Å². The number of hydrogen-bond acceptors (Lipinski definition) is 7. The Labute approximate surface area is 151 Å². The molecule has 4 rings (SSSR count). The summed E-state index contributed by atoms with van der Waals surface area (Å²) >= 11 is 0. The van der Waals surface area contributed by atoms with Gasteiger partial charge < -0.3 is 9.47 Å². The number of ether oxygens (including phenoxy) is 2. The number of nitro groups is 1. The highest BCUT2D eigenvalue weighted by atomic mass is 16.6. The third kappa shape index (κ3) is 3.27. The van der Waals surface area contributed by atoms with Gasteiger partial charge >= 0.3 is 0 Å². The second-order valence-corrected chi connectivity index (χ2v) is 5.64. The molecule has 1 aromatic heterocycles. The molecule has 0 radical (unpaired) electrons. The van der Waals surface area contributed by atoms with E-state index < -0.39 is 10.5 Å². The molecule has 0 saturated heterocycles. The second kappa shape index (κ2) is 6.75. The smallest absolute Gasteiger partial charge is 0.292 e. The minimum absolute atomic E-state index is 0.0539. The monoisotopic (exact) mass is 367 g/mol. The quantitative estimate of drug-likeness (QED) is 0.413. The van der Waals surface area contributed by atoms with Crippen LogP contribution >= 0.6 is 0 Å². The first-order chi connectivity index (χ1) is 13.1. The van der Waals surface area contributed by atoms with Crippen LogP contribution in [0, 0.1) is 10.1 Å². The van der Waals surface area contributed by atoms with E-state index in [9.17, 15) is 14.9 Å². The molecule has 10 nitrogen and oxygen atoms in total. The van der Waals surface area contributed by atoms with Gasteiger partial charge in [-0.2, -0.15) is 5.11 Å². The molecule has 0 atom stereocenters. The molecule has 0 unspecified atom stereocenters. The second-order valence-electron chi connectivity index (χ2n) is 5.64. The number of azo groups is 1. The molecule has 1 aliphatic heterocycles. The van der Waals surface area contributed by atoms with Gasteiger partial charge in [0, 0.05) is 17.7 Å². The van der Waals surface area contributed by atoms with Gasteiger partial charge in [-0.3, -0.25) is 25.1 Å². The topological polar surface area (TPSA) is 135 Å². The number of H-pyrrole nitrogens is 2. The Kier molecular flexibility index (Phi) is 4.13. The summed E-state index contributed by atoms with van der Waals surface area (Å²) in [6, 6.07) is 10.9. The van der Waals surface area contributed by atoms with Crippen LogP contribution in [-0.4, -0.2) is 28.3 Å². The van der Waals surface area contributed by atoms with Crippen LogP contribution in [0.25, 0.3) is 11.3 Å². The molecule has 2 heterocycles. The molecular formula is C17H13N5O5. The summed E-state index contributed by atoms with van der Waals surface area (Å²) in [5, 5.41) is 24.0. The van der Waals surface area contributed by atoms with E-state index in [1.54, 1.807) is 24.3 Å². The highest BCUT2D eigenvalue weighted by Crippen LogP contribution is 2.36. The lowest BCUT2D eigenvalue weighted by Gasteiger charge is -2.18. The third-order valence-electron chi connectivity index (χ3n) is 3.89. The number of non-ortho nitro benzene ring substituents is 1. The largest absolute Gasteiger partial charge is 0.486 e. The van der Waals surface area contributed by atoms with Gasteiger partial charge in [0.1, 0.15) is 13.2 Å². The van der Waals surface area contributed by atoms with E-state index in [1.807, 2.05) is 0 Å². The van der Waals surface area contributed by atoms with Gasteiger partial charge in [0.25, 0.3) is 11.2 Å². The number of nitrogens with zero attached hydrogens (tertiary/aromatic N) is 3. The lowest BCUT2D eigenvalue weighted by Crippen LogP contribution is -2.15. The van der Waals surface area contributed by atoms with Gasteiger partial charge in [-0.05, 0) is 24.3 Å². The summed E-state index contributed by atoms with van der Waals surface area (Å²) in [5.41, 5.74) is 0.823. The first kappa shape index (κ1) is 16.5. The van der Waals surface area contributed by atoms with Crippen LogP contribution in [0.15, 0.2) is 57.5 Å². The van der Waals surface area contributed by atoms with Gasteiger partial charge in [0.2, 0.25) is 0 Å². The van der Waals surface area contributed by atoms with Crippen LogP contribution in [0.4, 0.5) is 17.1 Å². The molecule has 0 bridgehead atoms. The number of aromatic amines is 2. The zero-order valence-electron chi connectivity index (χ0n) is 13.8. The molecule has 0 amide bonds. The Morgan fingerprint density at radius 1 is 1.00 bits per heavy atom. The van der Waals surface area contributed by atoms with Crippen molar-refractivity contribution < 1.29 is 14.4 Å². The molecule has 10 heteroatoms. The maximum Gasteiger partial charge on any atom is 0.292 e. The standard InChI is InChI=1S/C17H13N5O5/c23-17-16(20-18-11-2-1-3-12(9-11)22(24)25)15(19-21-17)10-4-5-13-14(8-10)27-7-6-26-13/h1-5,8-9H,6-7H2,(H2,19,21,23). The molecule has 0 aliphatic carbocycles. The maximum absolute atomic E-state index is 12.1. The first-order valence-electron chi connectivity index (χ1n) is 7.99. The number of fused-ring (bicyclic) bond motifs is 1. The number of aromatic nitrogens is 2. The summed E-state index contributed by atoms with van der Waals surface area (Å²) in [6.07, 6.45) is 0. The van der Waals surface area contributed by atoms with E-state index in [0.29, 0.717) is 36.0 Å². The van der Waals surface area contributed by atoms with Gasteiger partial charge in [-0.25, -0.2) is 0 Å². The number of nitro benzene ring substituents is 1. The number of rotatable bonds is 4. The molecule has 2 N–H and O–H groups in total. The lowest BCUT2D eigenvalue weighted by molar-refractivity contribution is -0.384.